The minimum atomic E-state index is 0.459. The number of rotatable bonds is 3. The van der Waals surface area contributed by atoms with E-state index >= 15 is 0 Å². The van der Waals surface area contributed by atoms with Crippen LogP contribution in [-0.2, 0) is 6.54 Å². The Balaban J connectivity index is 3.20. The largest absolute Gasteiger partial charge is 0.343 e. The van der Waals surface area contributed by atoms with Crippen molar-refractivity contribution < 1.29 is 0 Å². The number of aryl methyl sites for hydroxylation is 1. The molecule has 0 aliphatic carbocycles. The highest BCUT2D eigenvalue weighted by molar-refractivity contribution is 6.31. The van der Waals surface area contributed by atoms with Crippen molar-refractivity contribution in [2.45, 2.75) is 33.2 Å². The van der Waals surface area contributed by atoms with Gasteiger partial charge in [0.25, 0.3) is 0 Å². The predicted molar refractivity (Wildman–Crippen MR) is 58.5 cm³/mol. The molecule has 0 atom stereocenters. The van der Waals surface area contributed by atoms with E-state index in [1.54, 1.807) is 0 Å². The Kier molecular flexibility index (Phi) is 3.21. The van der Waals surface area contributed by atoms with Crippen molar-refractivity contribution in [1.82, 2.24) is 4.57 Å². The smallest absolute Gasteiger partial charge is 0.0620 e. The predicted octanol–water partition coefficient (Wildman–Crippen LogP) is 3.76. The molecule has 1 aromatic heterocycles. The molecule has 0 unspecified atom stereocenters. The van der Waals surface area contributed by atoms with Crippen LogP contribution < -0.4 is 0 Å². The molecule has 0 aromatic carbocycles. The maximum absolute atomic E-state index is 6.13. The maximum atomic E-state index is 6.13. The van der Waals surface area contributed by atoms with E-state index in [4.69, 9.17) is 11.6 Å². The fraction of sp³-hybridized carbons (Fsp3) is 0.455. The molecular formula is C11H16ClN. The van der Waals surface area contributed by atoms with Gasteiger partial charge in [-0.3, -0.25) is 0 Å². The first-order chi connectivity index (χ1) is 6.07. The second-order valence-electron chi connectivity index (χ2n) is 3.57. The summed E-state index contributed by atoms with van der Waals surface area (Å²) in [5.74, 6) is 0.459. The molecule has 1 nitrogen and oxygen atoms in total. The van der Waals surface area contributed by atoms with Crippen LogP contribution in [0.3, 0.4) is 0 Å². The fourth-order valence-corrected chi connectivity index (χ4v) is 2.09. The summed E-state index contributed by atoms with van der Waals surface area (Å²) in [4.78, 5) is 0. The van der Waals surface area contributed by atoms with Crippen LogP contribution in [0, 0.1) is 6.92 Å². The molecule has 2 heteroatoms. The Labute approximate surface area is 85.0 Å². The summed E-state index contributed by atoms with van der Waals surface area (Å²) in [5.41, 5.74) is 2.41. The van der Waals surface area contributed by atoms with Crippen LogP contribution in [0.25, 0.3) is 0 Å². The molecule has 0 spiro atoms. The standard InChI is InChI=1S/C11H16ClN/c1-5-6-13-9(4)7-10(12)11(13)8(2)3/h5,7-8H,1,6H2,2-4H3. The molecule has 0 N–H and O–H groups in total. The van der Waals surface area contributed by atoms with Crippen LogP contribution in [0.15, 0.2) is 18.7 Å². The van der Waals surface area contributed by atoms with E-state index in [0.29, 0.717) is 5.92 Å². The Bertz CT molecular complexity index is 310. The number of hydrogen-bond donors (Lipinski definition) is 0. The molecule has 0 fully saturated rings. The van der Waals surface area contributed by atoms with E-state index < -0.39 is 0 Å². The van der Waals surface area contributed by atoms with E-state index in [1.165, 1.54) is 11.4 Å². The molecule has 1 aromatic rings. The topological polar surface area (TPSA) is 4.93 Å². The molecule has 13 heavy (non-hydrogen) atoms. The van der Waals surface area contributed by atoms with Crippen LogP contribution in [-0.4, -0.2) is 4.57 Å². The van der Waals surface area contributed by atoms with Crippen molar-refractivity contribution in [3.63, 3.8) is 0 Å². The maximum Gasteiger partial charge on any atom is 0.0620 e. The summed E-state index contributed by atoms with van der Waals surface area (Å²) in [7, 11) is 0. The monoisotopic (exact) mass is 197 g/mol. The van der Waals surface area contributed by atoms with Gasteiger partial charge < -0.3 is 4.57 Å². The first kappa shape index (κ1) is 10.4. The minimum Gasteiger partial charge on any atom is -0.343 e. The molecule has 0 bridgehead atoms. The number of hydrogen-bond acceptors (Lipinski definition) is 0. The van der Waals surface area contributed by atoms with Crippen LogP contribution in [0.2, 0.25) is 5.02 Å². The Morgan fingerprint density at radius 2 is 2.23 bits per heavy atom. The van der Waals surface area contributed by atoms with Crippen LogP contribution >= 0.6 is 11.6 Å². The summed E-state index contributed by atoms with van der Waals surface area (Å²) in [6.45, 7) is 11.0. The van der Waals surface area contributed by atoms with Gasteiger partial charge in [0.2, 0.25) is 0 Å². The molecule has 0 saturated carbocycles. The van der Waals surface area contributed by atoms with Gasteiger partial charge in [0.1, 0.15) is 0 Å². The molecule has 0 aliphatic rings. The normalized spacial score (nSPS) is 10.8. The number of nitrogens with zero attached hydrogens (tertiary/aromatic N) is 1. The lowest BCUT2D eigenvalue weighted by Gasteiger charge is -2.12. The first-order valence-electron chi connectivity index (χ1n) is 4.54. The van der Waals surface area contributed by atoms with Crippen LogP contribution in [0.5, 0.6) is 0 Å². The third-order valence-corrected chi connectivity index (χ3v) is 2.46. The lowest BCUT2D eigenvalue weighted by atomic mass is 10.1. The van der Waals surface area contributed by atoms with Gasteiger partial charge in [0.05, 0.1) is 5.02 Å². The number of allylic oxidation sites excluding steroid dienone is 1. The SMILES string of the molecule is C=CCn1c(C)cc(Cl)c1C(C)C. The molecule has 0 radical (unpaired) electrons. The summed E-state index contributed by atoms with van der Waals surface area (Å²) >= 11 is 6.13. The minimum absolute atomic E-state index is 0.459. The Hall–Kier alpha value is -0.690. The second kappa shape index (κ2) is 4.01. The quantitative estimate of drug-likeness (QED) is 0.651. The summed E-state index contributed by atoms with van der Waals surface area (Å²) in [6, 6.07) is 2.01. The molecule has 0 saturated heterocycles. The zero-order chi connectivity index (χ0) is 10.0. The fourth-order valence-electron chi connectivity index (χ4n) is 1.61. The summed E-state index contributed by atoms with van der Waals surface area (Å²) in [6.07, 6.45) is 1.90. The summed E-state index contributed by atoms with van der Waals surface area (Å²) < 4.78 is 2.21. The zero-order valence-corrected chi connectivity index (χ0v) is 9.23. The number of aromatic nitrogens is 1. The van der Waals surface area contributed by atoms with Gasteiger partial charge in [-0.1, -0.05) is 31.5 Å². The molecule has 72 valence electrons. The van der Waals surface area contributed by atoms with Crippen molar-refractivity contribution in [3.8, 4) is 0 Å². The van der Waals surface area contributed by atoms with E-state index in [0.717, 1.165) is 11.6 Å². The van der Waals surface area contributed by atoms with Gasteiger partial charge in [0.15, 0.2) is 0 Å². The highest BCUT2D eigenvalue weighted by Crippen LogP contribution is 2.27. The average Bonchev–Trinajstić information content (AvgIpc) is 2.27. The Morgan fingerprint density at radius 1 is 1.62 bits per heavy atom. The molecule has 1 rings (SSSR count). The van der Waals surface area contributed by atoms with Crippen molar-refractivity contribution in [3.05, 3.63) is 35.1 Å². The zero-order valence-electron chi connectivity index (χ0n) is 8.47. The van der Waals surface area contributed by atoms with Crippen molar-refractivity contribution in [2.24, 2.45) is 0 Å². The van der Waals surface area contributed by atoms with Gasteiger partial charge in [0, 0.05) is 17.9 Å². The van der Waals surface area contributed by atoms with Gasteiger partial charge in [-0.2, -0.15) is 0 Å². The van der Waals surface area contributed by atoms with Crippen molar-refractivity contribution in [2.75, 3.05) is 0 Å². The van der Waals surface area contributed by atoms with Crippen LogP contribution in [0.1, 0.15) is 31.2 Å². The highest BCUT2D eigenvalue weighted by Gasteiger charge is 2.12. The molecule has 0 amide bonds. The highest BCUT2D eigenvalue weighted by atomic mass is 35.5. The van der Waals surface area contributed by atoms with Crippen LogP contribution in [0.4, 0.5) is 0 Å². The van der Waals surface area contributed by atoms with E-state index in [-0.39, 0.29) is 0 Å². The van der Waals surface area contributed by atoms with Gasteiger partial charge in [-0.15, -0.1) is 6.58 Å². The third-order valence-electron chi connectivity index (χ3n) is 2.16. The van der Waals surface area contributed by atoms with E-state index in [1.807, 2.05) is 12.1 Å². The summed E-state index contributed by atoms with van der Waals surface area (Å²) in [5, 5.41) is 0.870. The van der Waals surface area contributed by atoms with Crippen molar-refractivity contribution in [1.29, 1.82) is 0 Å². The second-order valence-corrected chi connectivity index (χ2v) is 3.98. The van der Waals surface area contributed by atoms with Gasteiger partial charge in [-0.25, -0.2) is 0 Å². The lowest BCUT2D eigenvalue weighted by molar-refractivity contribution is 0.688. The number of halogens is 1. The van der Waals surface area contributed by atoms with E-state index in [9.17, 15) is 0 Å². The van der Waals surface area contributed by atoms with Crippen molar-refractivity contribution >= 4 is 11.6 Å². The molecular weight excluding hydrogens is 182 g/mol. The third kappa shape index (κ3) is 1.97. The first-order valence-corrected chi connectivity index (χ1v) is 4.92. The van der Waals surface area contributed by atoms with E-state index in [2.05, 4.69) is 31.9 Å². The van der Waals surface area contributed by atoms with Gasteiger partial charge >= 0.3 is 0 Å². The lowest BCUT2D eigenvalue weighted by Crippen LogP contribution is -2.04. The van der Waals surface area contributed by atoms with Gasteiger partial charge in [-0.05, 0) is 18.9 Å². The average molecular weight is 198 g/mol. The molecule has 1 heterocycles. The molecule has 0 aliphatic heterocycles. The Morgan fingerprint density at radius 3 is 2.69 bits per heavy atom.